The van der Waals surface area contributed by atoms with Crippen LogP contribution in [0.15, 0.2) is 35.1 Å². The molecular formula is C16H20N2O2. The first-order valence-electron chi connectivity index (χ1n) is 7.07. The highest BCUT2D eigenvalue weighted by Gasteiger charge is 2.18. The minimum Gasteiger partial charge on any atom is -0.376 e. The van der Waals surface area contributed by atoms with Crippen LogP contribution in [0.4, 0.5) is 0 Å². The van der Waals surface area contributed by atoms with E-state index in [1.165, 1.54) is 0 Å². The Hall–Kier alpha value is -1.65. The predicted molar refractivity (Wildman–Crippen MR) is 79.9 cm³/mol. The van der Waals surface area contributed by atoms with E-state index >= 15 is 0 Å². The molecule has 1 fully saturated rings. The maximum atomic E-state index is 12.4. The van der Waals surface area contributed by atoms with Gasteiger partial charge in [-0.3, -0.25) is 9.69 Å². The number of rotatable bonds is 2. The number of nitrogens with zero attached hydrogens (tertiary/aromatic N) is 2. The van der Waals surface area contributed by atoms with Crippen molar-refractivity contribution in [2.45, 2.75) is 19.6 Å². The number of benzene rings is 1. The van der Waals surface area contributed by atoms with E-state index in [2.05, 4.69) is 17.9 Å². The molecule has 1 aliphatic rings. The number of hydrogen-bond donors (Lipinski definition) is 0. The van der Waals surface area contributed by atoms with Crippen molar-refractivity contribution in [1.82, 2.24) is 9.47 Å². The Morgan fingerprint density at radius 2 is 2.15 bits per heavy atom. The molecule has 1 aliphatic heterocycles. The van der Waals surface area contributed by atoms with E-state index in [-0.39, 0.29) is 11.7 Å². The van der Waals surface area contributed by atoms with Gasteiger partial charge >= 0.3 is 0 Å². The number of ether oxygens (including phenoxy) is 1. The summed E-state index contributed by atoms with van der Waals surface area (Å²) in [5.41, 5.74) is 1.94. The fraction of sp³-hybridized carbons (Fsp3) is 0.438. The summed E-state index contributed by atoms with van der Waals surface area (Å²) in [6, 6.07) is 10.0. The summed E-state index contributed by atoms with van der Waals surface area (Å²) in [7, 11) is 1.84. The highest BCUT2D eigenvalue weighted by molar-refractivity contribution is 5.79. The smallest absolute Gasteiger partial charge is 0.255 e. The van der Waals surface area contributed by atoms with Crippen LogP contribution in [0.2, 0.25) is 0 Å². The van der Waals surface area contributed by atoms with Crippen LogP contribution in [0.25, 0.3) is 10.9 Å². The third kappa shape index (κ3) is 2.49. The van der Waals surface area contributed by atoms with Crippen LogP contribution in [0, 0.1) is 0 Å². The molecule has 1 aromatic heterocycles. The Labute approximate surface area is 118 Å². The Morgan fingerprint density at radius 1 is 1.35 bits per heavy atom. The Bertz CT molecular complexity index is 678. The molecule has 0 amide bonds. The van der Waals surface area contributed by atoms with E-state index in [1.54, 1.807) is 4.57 Å². The van der Waals surface area contributed by atoms with Crippen LogP contribution in [0.1, 0.15) is 12.5 Å². The van der Waals surface area contributed by atoms with E-state index < -0.39 is 0 Å². The van der Waals surface area contributed by atoms with Gasteiger partial charge in [-0.1, -0.05) is 18.2 Å². The normalized spacial score (nSPS) is 20.4. The van der Waals surface area contributed by atoms with Crippen LogP contribution in [-0.2, 0) is 18.3 Å². The predicted octanol–water partition coefficient (Wildman–Crippen LogP) is 1.76. The average Bonchev–Trinajstić information content (AvgIpc) is 2.45. The first kappa shape index (κ1) is 13.3. The third-order valence-electron chi connectivity index (χ3n) is 3.93. The summed E-state index contributed by atoms with van der Waals surface area (Å²) in [6.45, 7) is 5.29. The van der Waals surface area contributed by atoms with Crippen LogP contribution in [0.5, 0.6) is 0 Å². The summed E-state index contributed by atoms with van der Waals surface area (Å²) < 4.78 is 7.29. The molecule has 0 N–H and O–H groups in total. The maximum absolute atomic E-state index is 12.4. The monoisotopic (exact) mass is 272 g/mol. The fourth-order valence-electron chi connectivity index (χ4n) is 2.88. The number of para-hydroxylation sites is 1. The van der Waals surface area contributed by atoms with E-state index in [9.17, 15) is 4.79 Å². The molecule has 0 aliphatic carbocycles. The van der Waals surface area contributed by atoms with Gasteiger partial charge in [0.05, 0.1) is 18.2 Å². The van der Waals surface area contributed by atoms with Gasteiger partial charge in [0.2, 0.25) is 0 Å². The number of hydrogen-bond acceptors (Lipinski definition) is 3. The molecule has 1 atom stereocenters. The van der Waals surface area contributed by atoms with Crippen molar-refractivity contribution in [2.24, 2.45) is 7.05 Å². The zero-order chi connectivity index (χ0) is 14.1. The van der Waals surface area contributed by atoms with Gasteiger partial charge in [0.15, 0.2) is 0 Å². The van der Waals surface area contributed by atoms with E-state index in [0.717, 1.165) is 36.2 Å². The summed E-state index contributed by atoms with van der Waals surface area (Å²) in [4.78, 5) is 14.7. The van der Waals surface area contributed by atoms with E-state index in [1.807, 2.05) is 31.3 Å². The molecule has 0 bridgehead atoms. The lowest BCUT2D eigenvalue weighted by atomic mass is 10.1. The van der Waals surface area contributed by atoms with Crippen molar-refractivity contribution in [3.8, 4) is 0 Å². The van der Waals surface area contributed by atoms with E-state index in [4.69, 9.17) is 4.74 Å². The molecule has 1 aromatic carbocycles. The van der Waals surface area contributed by atoms with E-state index in [0.29, 0.717) is 6.54 Å². The number of pyridine rings is 1. The summed E-state index contributed by atoms with van der Waals surface area (Å²) in [6.07, 6.45) is 0.244. The van der Waals surface area contributed by atoms with Crippen molar-refractivity contribution in [2.75, 3.05) is 19.7 Å². The Balaban J connectivity index is 1.95. The quantitative estimate of drug-likeness (QED) is 0.835. The molecule has 2 heterocycles. The molecule has 0 radical (unpaired) electrons. The lowest BCUT2D eigenvalue weighted by Crippen LogP contribution is -2.41. The number of morpholine rings is 1. The van der Waals surface area contributed by atoms with Gasteiger partial charge < -0.3 is 9.30 Å². The standard InChI is InChI=1S/C16H20N2O2/c1-12-10-18(7-8-20-12)11-14-9-13-5-3-4-6-15(13)17(2)16(14)19/h3-6,9,12H,7-8,10-11H2,1-2H3/t12-/m1/s1. The third-order valence-corrected chi connectivity index (χ3v) is 3.93. The maximum Gasteiger partial charge on any atom is 0.255 e. The van der Waals surface area contributed by atoms with Crippen LogP contribution in [-0.4, -0.2) is 35.3 Å². The van der Waals surface area contributed by atoms with Crippen molar-refractivity contribution < 1.29 is 4.74 Å². The molecular weight excluding hydrogens is 252 g/mol. The molecule has 106 valence electrons. The molecule has 4 heteroatoms. The van der Waals surface area contributed by atoms with Crippen LogP contribution < -0.4 is 5.56 Å². The second kappa shape index (κ2) is 5.38. The lowest BCUT2D eigenvalue weighted by Gasteiger charge is -2.31. The number of aryl methyl sites for hydroxylation is 1. The molecule has 0 spiro atoms. The van der Waals surface area contributed by atoms with Gasteiger partial charge in [0.25, 0.3) is 5.56 Å². The largest absolute Gasteiger partial charge is 0.376 e. The zero-order valence-corrected chi connectivity index (χ0v) is 12.0. The van der Waals surface area contributed by atoms with Gasteiger partial charge in [-0.2, -0.15) is 0 Å². The fourth-order valence-corrected chi connectivity index (χ4v) is 2.88. The van der Waals surface area contributed by atoms with Gasteiger partial charge in [-0.15, -0.1) is 0 Å². The van der Waals surface area contributed by atoms with Gasteiger partial charge in [0, 0.05) is 32.2 Å². The van der Waals surface area contributed by atoms with Gasteiger partial charge in [-0.25, -0.2) is 0 Å². The molecule has 0 saturated carbocycles. The minimum atomic E-state index is 0.0999. The van der Waals surface area contributed by atoms with Gasteiger partial charge in [-0.05, 0) is 24.4 Å². The van der Waals surface area contributed by atoms with Crippen molar-refractivity contribution >= 4 is 10.9 Å². The average molecular weight is 272 g/mol. The number of aromatic nitrogens is 1. The van der Waals surface area contributed by atoms with Crippen molar-refractivity contribution in [1.29, 1.82) is 0 Å². The Morgan fingerprint density at radius 3 is 2.95 bits per heavy atom. The highest BCUT2D eigenvalue weighted by atomic mass is 16.5. The van der Waals surface area contributed by atoms with Crippen molar-refractivity contribution in [3.63, 3.8) is 0 Å². The molecule has 2 aromatic rings. The summed E-state index contributed by atoms with van der Waals surface area (Å²) >= 11 is 0. The lowest BCUT2D eigenvalue weighted by molar-refractivity contribution is -0.0213. The molecule has 1 saturated heterocycles. The van der Waals surface area contributed by atoms with Crippen LogP contribution in [0.3, 0.4) is 0 Å². The summed E-state index contributed by atoms with van der Waals surface area (Å²) in [5.74, 6) is 0. The first-order chi connectivity index (χ1) is 9.65. The Kier molecular flexibility index (Phi) is 3.59. The summed E-state index contributed by atoms with van der Waals surface area (Å²) in [5, 5.41) is 1.12. The SMILES string of the molecule is C[C@@H]1CN(Cc2cc3ccccc3n(C)c2=O)CCO1. The first-order valence-corrected chi connectivity index (χ1v) is 7.07. The van der Waals surface area contributed by atoms with Crippen LogP contribution >= 0.6 is 0 Å². The molecule has 20 heavy (non-hydrogen) atoms. The molecule has 4 nitrogen and oxygen atoms in total. The van der Waals surface area contributed by atoms with Gasteiger partial charge in [0.1, 0.15) is 0 Å². The number of fused-ring (bicyclic) bond motifs is 1. The molecule has 0 unspecified atom stereocenters. The topological polar surface area (TPSA) is 34.5 Å². The molecule has 3 rings (SSSR count). The van der Waals surface area contributed by atoms with Crippen molar-refractivity contribution in [3.05, 3.63) is 46.2 Å². The highest BCUT2D eigenvalue weighted by Crippen LogP contribution is 2.14. The second-order valence-corrected chi connectivity index (χ2v) is 5.51. The zero-order valence-electron chi connectivity index (χ0n) is 12.0. The minimum absolute atomic E-state index is 0.0999. The second-order valence-electron chi connectivity index (χ2n) is 5.51.